The molecule has 11 heteroatoms. The predicted octanol–water partition coefficient (Wildman–Crippen LogP) is 1.31. The maximum atomic E-state index is 13.6. The Labute approximate surface area is 191 Å². The van der Waals surface area contributed by atoms with Crippen molar-refractivity contribution in [2.24, 2.45) is 0 Å². The van der Waals surface area contributed by atoms with Crippen molar-refractivity contribution in [2.45, 2.75) is 31.0 Å². The van der Waals surface area contributed by atoms with Crippen molar-refractivity contribution in [1.29, 1.82) is 0 Å². The summed E-state index contributed by atoms with van der Waals surface area (Å²) in [5, 5.41) is 4.92. The van der Waals surface area contributed by atoms with Gasteiger partial charge in [0, 0.05) is 13.1 Å². The molecule has 1 aliphatic rings. The molecule has 2 aromatic carbocycles. The Kier molecular flexibility index (Phi) is 8.01. The Morgan fingerprint density at radius 2 is 1.85 bits per heavy atom. The van der Waals surface area contributed by atoms with Crippen LogP contribution in [0.3, 0.4) is 0 Å². The molecular weight excluding hydrogens is 453 g/mol. The highest BCUT2D eigenvalue weighted by atomic mass is 32.2. The molecule has 2 amide bonds. The van der Waals surface area contributed by atoms with Crippen molar-refractivity contribution in [3.05, 3.63) is 59.4 Å². The summed E-state index contributed by atoms with van der Waals surface area (Å²) in [6.07, 6.45) is -0.529. The van der Waals surface area contributed by atoms with Gasteiger partial charge < -0.3 is 20.1 Å². The number of ether oxygens (including phenoxy) is 2. The highest BCUT2D eigenvalue weighted by molar-refractivity contribution is 7.89. The van der Waals surface area contributed by atoms with Gasteiger partial charge >= 0.3 is 11.8 Å². The van der Waals surface area contributed by atoms with Crippen molar-refractivity contribution in [3.63, 3.8) is 0 Å². The molecule has 1 atom stereocenters. The summed E-state index contributed by atoms with van der Waals surface area (Å²) in [5.41, 5.74) is 0.979. The lowest BCUT2D eigenvalue weighted by molar-refractivity contribution is -0.140. The van der Waals surface area contributed by atoms with Gasteiger partial charge in [-0.1, -0.05) is 12.1 Å². The largest absolute Gasteiger partial charge is 0.497 e. The van der Waals surface area contributed by atoms with Gasteiger partial charge in [0.1, 0.15) is 17.8 Å². The monoisotopic (exact) mass is 479 g/mol. The molecule has 1 saturated heterocycles. The summed E-state index contributed by atoms with van der Waals surface area (Å²) < 4.78 is 51.4. The molecule has 1 heterocycles. The number of rotatable bonds is 7. The minimum Gasteiger partial charge on any atom is -0.497 e. The molecule has 0 aromatic heterocycles. The van der Waals surface area contributed by atoms with Crippen LogP contribution in [-0.4, -0.2) is 57.6 Å². The molecule has 178 valence electrons. The number of nitrogens with zero attached hydrogens (tertiary/aromatic N) is 1. The number of hydrogen-bond donors (Lipinski definition) is 2. The standard InChI is InChI=1S/C22H26FN3O6S/c1-15-12-18(8-9-19(15)23)33(29,30)26-10-3-11-32-20(26)14-25-22(28)21(27)24-13-16-4-6-17(31-2)7-5-16/h4-9,12,20H,3,10-11,13-14H2,1-2H3,(H,24,27)(H,25,28)/t20-/m1/s1. The van der Waals surface area contributed by atoms with Crippen molar-refractivity contribution < 1.29 is 31.9 Å². The van der Waals surface area contributed by atoms with Crippen LogP contribution in [-0.2, 0) is 30.9 Å². The second-order valence-corrected chi connectivity index (χ2v) is 9.34. The number of carbonyl (C=O) groups excluding carboxylic acids is 2. The van der Waals surface area contributed by atoms with Crippen molar-refractivity contribution in [1.82, 2.24) is 14.9 Å². The van der Waals surface area contributed by atoms with Crippen LogP contribution in [0.5, 0.6) is 5.75 Å². The Hall–Kier alpha value is -3.02. The van der Waals surface area contributed by atoms with Gasteiger partial charge in [-0.15, -0.1) is 0 Å². The summed E-state index contributed by atoms with van der Waals surface area (Å²) in [5.74, 6) is -1.60. The van der Waals surface area contributed by atoms with Gasteiger partial charge in [-0.3, -0.25) is 9.59 Å². The van der Waals surface area contributed by atoms with Crippen molar-refractivity contribution in [2.75, 3.05) is 26.8 Å². The van der Waals surface area contributed by atoms with Gasteiger partial charge in [-0.05, 0) is 54.8 Å². The lowest BCUT2D eigenvalue weighted by atomic mass is 10.2. The second kappa shape index (κ2) is 10.7. The third-order valence-electron chi connectivity index (χ3n) is 5.15. The highest BCUT2D eigenvalue weighted by Gasteiger charge is 2.35. The molecule has 33 heavy (non-hydrogen) atoms. The van der Waals surface area contributed by atoms with E-state index in [9.17, 15) is 22.4 Å². The molecule has 2 N–H and O–H groups in total. The van der Waals surface area contributed by atoms with Crippen LogP contribution in [0.2, 0.25) is 0 Å². The molecule has 1 fully saturated rings. The van der Waals surface area contributed by atoms with Crippen LogP contribution in [0.4, 0.5) is 4.39 Å². The van der Waals surface area contributed by atoms with E-state index in [4.69, 9.17) is 9.47 Å². The van der Waals surface area contributed by atoms with Crippen LogP contribution in [0.25, 0.3) is 0 Å². The zero-order chi connectivity index (χ0) is 24.0. The minimum atomic E-state index is -3.99. The smallest absolute Gasteiger partial charge is 0.309 e. The summed E-state index contributed by atoms with van der Waals surface area (Å²) >= 11 is 0. The molecule has 1 aliphatic heterocycles. The summed E-state index contributed by atoms with van der Waals surface area (Å²) in [4.78, 5) is 24.3. The SMILES string of the molecule is COc1ccc(CNC(=O)C(=O)NC[C@H]2OCCCN2S(=O)(=O)c2ccc(F)c(C)c2)cc1. The molecule has 0 aliphatic carbocycles. The first-order valence-corrected chi connectivity index (χ1v) is 11.7. The van der Waals surface area contributed by atoms with Gasteiger partial charge in [0.15, 0.2) is 0 Å². The number of sulfonamides is 1. The van der Waals surface area contributed by atoms with Gasteiger partial charge in [-0.2, -0.15) is 4.31 Å². The van der Waals surface area contributed by atoms with E-state index < -0.39 is 33.9 Å². The fourth-order valence-electron chi connectivity index (χ4n) is 3.28. The Balaban J connectivity index is 1.59. The fraction of sp³-hybridized carbons (Fsp3) is 0.364. The molecule has 0 saturated carbocycles. The molecule has 0 spiro atoms. The molecule has 9 nitrogen and oxygen atoms in total. The molecule has 0 unspecified atom stereocenters. The van der Waals surface area contributed by atoms with E-state index in [0.717, 1.165) is 15.9 Å². The average molecular weight is 480 g/mol. The molecule has 3 rings (SSSR count). The second-order valence-electron chi connectivity index (χ2n) is 7.45. The minimum absolute atomic E-state index is 0.0690. The van der Waals surface area contributed by atoms with Gasteiger partial charge in [-0.25, -0.2) is 12.8 Å². The molecule has 2 aromatic rings. The summed E-state index contributed by atoms with van der Waals surface area (Å²) in [6.45, 7) is 1.87. The van der Waals surface area contributed by atoms with E-state index in [-0.39, 0.29) is 30.1 Å². The number of methoxy groups -OCH3 is 1. The van der Waals surface area contributed by atoms with Crippen LogP contribution in [0.1, 0.15) is 17.5 Å². The van der Waals surface area contributed by atoms with Crippen LogP contribution < -0.4 is 15.4 Å². The van der Waals surface area contributed by atoms with Crippen molar-refractivity contribution >= 4 is 21.8 Å². The maximum Gasteiger partial charge on any atom is 0.309 e. The van der Waals surface area contributed by atoms with Crippen LogP contribution in [0.15, 0.2) is 47.4 Å². The van der Waals surface area contributed by atoms with E-state index >= 15 is 0 Å². The van der Waals surface area contributed by atoms with E-state index in [1.54, 1.807) is 31.4 Å². The summed E-state index contributed by atoms with van der Waals surface area (Å²) in [7, 11) is -2.45. The number of halogens is 1. The van der Waals surface area contributed by atoms with E-state index in [1.807, 2.05) is 0 Å². The number of aryl methyl sites for hydroxylation is 1. The number of hydrogen-bond acceptors (Lipinski definition) is 6. The zero-order valence-electron chi connectivity index (χ0n) is 18.3. The van der Waals surface area contributed by atoms with Crippen molar-refractivity contribution in [3.8, 4) is 5.75 Å². The molecule has 0 radical (unpaired) electrons. The number of nitrogens with one attached hydrogen (secondary N) is 2. The Morgan fingerprint density at radius 1 is 1.15 bits per heavy atom. The molecule has 0 bridgehead atoms. The third kappa shape index (κ3) is 6.06. The van der Waals surface area contributed by atoms with Gasteiger partial charge in [0.05, 0.1) is 25.2 Å². The number of amides is 2. The van der Waals surface area contributed by atoms with Gasteiger partial charge in [0.25, 0.3) is 0 Å². The maximum absolute atomic E-state index is 13.6. The average Bonchev–Trinajstić information content (AvgIpc) is 2.83. The third-order valence-corrected chi connectivity index (χ3v) is 7.03. The van der Waals surface area contributed by atoms with Gasteiger partial charge in [0.2, 0.25) is 10.0 Å². The Bertz CT molecular complexity index is 1110. The lowest BCUT2D eigenvalue weighted by Gasteiger charge is -2.34. The molecular formula is C22H26FN3O6S. The highest BCUT2D eigenvalue weighted by Crippen LogP contribution is 2.23. The van der Waals surface area contributed by atoms with E-state index in [0.29, 0.717) is 18.8 Å². The lowest BCUT2D eigenvalue weighted by Crippen LogP contribution is -2.53. The van der Waals surface area contributed by atoms with E-state index in [1.165, 1.54) is 19.1 Å². The van der Waals surface area contributed by atoms with Crippen LogP contribution in [0, 0.1) is 12.7 Å². The number of benzene rings is 2. The van der Waals surface area contributed by atoms with E-state index in [2.05, 4.69) is 10.6 Å². The summed E-state index contributed by atoms with van der Waals surface area (Å²) in [6, 6.07) is 10.5. The first kappa shape index (κ1) is 24.6. The quantitative estimate of drug-likeness (QED) is 0.579. The van der Waals surface area contributed by atoms with Crippen LogP contribution >= 0.6 is 0 Å². The number of carbonyl (C=O) groups is 2. The normalized spacial score (nSPS) is 16.8. The zero-order valence-corrected chi connectivity index (χ0v) is 19.2. The first-order valence-electron chi connectivity index (χ1n) is 10.3. The first-order chi connectivity index (χ1) is 15.7. The topological polar surface area (TPSA) is 114 Å². The predicted molar refractivity (Wildman–Crippen MR) is 117 cm³/mol. The Morgan fingerprint density at radius 3 is 2.52 bits per heavy atom. The fourth-order valence-corrected chi connectivity index (χ4v) is 4.93.